The topological polar surface area (TPSA) is 33.2 Å². The third-order valence-corrected chi connectivity index (χ3v) is 2.77. The van der Waals surface area contributed by atoms with Crippen LogP contribution in [0.4, 0.5) is 0 Å². The van der Waals surface area contributed by atoms with Gasteiger partial charge in [-0.25, -0.2) is 0 Å². The molecule has 1 heterocycles. The summed E-state index contributed by atoms with van der Waals surface area (Å²) in [5, 5.41) is 0.672. The minimum atomic E-state index is -0.101. The maximum absolute atomic E-state index is 12.1. The van der Waals surface area contributed by atoms with Crippen LogP contribution in [0.25, 0.3) is 0 Å². The predicted molar refractivity (Wildman–Crippen MR) is 71.5 cm³/mol. The fraction of sp³-hybridized carbons (Fsp3) is 0.143. The van der Waals surface area contributed by atoms with Gasteiger partial charge in [-0.2, -0.15) is 0 Å². The second-order valence-corrected chi connectivity index (χ2v) is 4.44. The van der Waals surface area contributed by atoms with Crippen LogP contribution >= 0.6 is 11.6 Å². The fourth-order valence-electron chi connectivity index (χ4n) is 1.67. The number of benzene rings is 1. The molecule has 2 rings (SSSR count). The molecule has 0 saturated heterocycles. The lowest BCUT2D eigenvalue weighted by Crippen LogP contribution is -2.26. The molecule has 1 amide bonds. The van der Waals surface area contributed by atoms with Crippen molar-refractivity contribution in [2.24, 2.45) is 0 Å². The van der Waals surface area contributed by atoms with Gasteiger partial charge in [0.15, 0.2) is 0 Å². The maximum Gasteiger partial charge on any atom is 0.272 e. The monoisotopic (exact) mass is 260 g/mol. The van der Waals surface area contributed by atoms with E-state index in [1.807, 2.05) is 24.3 Å². The highest BCUT2D eigenvalue weighted by Gasteiger charge is 2.12. The lowest BCUT2D eigenvalue weighted by molar-refractivity contribution is 0.0779. The van der Waals surface area contributed by atoms with Crippen molar-refractivity contribution in [3.8, 4) is 0 Å². The van der Waals surface area contributed by atoms with Crippen molar-refractivity contribution in [2.75, 3.05) is 7.05 Å². The first kappa shape index (κ1) is 12.6. The zero-order valence-corrected chi connectivity index (χ0v) is 10.8. The van der Waals surface area contributed by atoms with Gasteiger partial charge in [0, 0.05) is 24.8 Å². The molecule has 3 nitrogen and oxygen atoms in total. The van der Waals surface area contributed by atoms with E-state index in [0.29, 0.717) is 17.3 Å². The summed E-state index contributed by atoms with van der Waals surface area (Å²) in [4.78, 5) is 17.7. The first-order valence-electron chi connectivity index (χ1n) is 5.58. The van der Waals surface area contributed by atoms with E-state index in [0.717, 1.165) is 5.56 Å². The summed E-state index contributed by atoms with van der Waals surface area (Å²) in [6.45, 7) is 0.510. The number of amides is 1. The van der Waals surface area contributed by atoms with Crippen molar-refractivity contribution in [3.63, 3.8) is 0 Å². The minimum Gasteiger partial charge on any atom is -0.336 e. The van der Waals surface area contributed by atoms with E-state index in [1.54, 1.807) is 36.3 Å². The van der Waals surface area contributed by atoms with Crippen LogP contribution in [0.1, 0.15) is 16.1 Å². The lowest BCUT2D eigenvalue weighted by atomic mass is 10.2. The highest BCUT2D eigenvalue weighted by molar-refractivity contribution is 6.30. The predicted octanol–water partition coefficient (Wildman–Crippen LogP) is 3.01. The smallest absolute Gasteiger partial charge is 0.272 e. The van der Waals surface area contributed by atoms with Crippen molar-refractivity contribution in [2.45, 2.75) is 6.54 Å². The number of carbonyl (C=O) groups excluding carboxylic acids is 1. The van der Waals surface area contributed by atoms with E-state index in [2.05, 4.69) is 4.98 Å². The second-order valence-electron chi connectivity index (χ2n) is 4.01. The quantitative estimate of drug-likeness (QED) is 0.850. The van der Waals surface area contributed by atoms with Gasteiger partial charge in [-0.3, -0.25) is 9.78 Å². The van der Waals surface area contributed by atoms with Crippen LogP contribution in [0.15, 0.2) is 48.7 Å². The van der Waals surface area contributed by atoms with Gasteiger partial charge >= 0.3 is 0 Å². The zero-order valence-electron chi connectivity index (χ0n) is 10.0. The summed E-state index contributed by atoms with van der Waals surface area (Å²) in [6, 6.07) is 12.8. The van der Waals surface area contributed by atoms with Crippen LogP contribution in [0, 0.1) is 0 Å². The van der Waals surface area contributed by atoms with E-state index in [9.17, 15) is 4.79 Å². The Labute approximate surface area is 111 Å². The number of halogens is 1. The minimum absolute atomic E-state index is 0.101. The molecule has 0 aliphatic heterocycles. The molecule has 0 radical (unpaired) electrons. The first-order valence-corrected chi connectivity index (χ1v) is 5.95. The van der Waals surface area contributed by atoms with Crippen LogP contribution in [0.5, 0.6) is 0 Å². The number of rotatable bonds is 3. The van der Waals surface area contributed by atoms with E-state index in [1.165, 1.54) is 0 Å². The zero-order chi connectivity index (χ0) is 13.0. The molecule has 0 N–H and O–H groups in total. The van der Waals surface area contributed by atoms with Gasteiger partial charge in [0.1, 0.15) is 5.69 Å². The summed E-state index contributed by atoms with van der Waals surface area (Å²) in [5.74, 6) is -0.101. The molecule has 1 aromatic carbocycles. The highest BCUT2D eigenvalue weighted by Crippen LogP contribution is 2.13. The van der Waals surface area contributed by atoms with E-state index in [4.69, 9.17) is 11.6 Å². The van der Waals surface area contributed by atoms with Gasteiger partial charge in [-0.1, -0.05) is 29.8 Å². The van der Waals surface area contributed by atoms with Crippen molar-refractivity contribution in [3.05, 3.63) is 64.9 Å². The van der Waals surface area contributed by atoms with Gasteiger partial charge in [-0.15, -0.1) is 0 Å². The number of hydrogen-bond donors (Lipinski definition) is 0. The average Bonchev–Trinajstić information content (AvgIpc) is 2.39. The summed E-state index contributed by atoms with van der Waals surface area (Å²) < 4.78 is 0. The summed E-state index contributed by atoms with van der Waals surface area (Å²) in [6.07, 6.45) is 1.61. The molecule has 18 heavy (non-hydrogen) atoms. The Balaban J connectivity index is 2.09. The van der Waals surface area contributed by atoms with Crippen LogP contribution in [-0.4, -0.2) is 22.8 Å². The Morgan fingerprint density at radius 2 is 2.11 bits per heavy atom. The fourth-order valence-corrected chi connectivity index (χ4v) is 1.88. The molecule has 0 aliphatic carbocycles. The largest absolute Gasteiger partial charge is 0.336 e. The van der Waals surface area contributed by atoms with Gasteiger partial charge in [0.2, 0.25) is 0 Å². The van der Waals surface area contributed by atoms with Crippen LogP contribution in [-0.2, 0) is 6.54 Å². The standard InChI is InChI=1S/C14H13ClN2O/c1-17(10-11-5-4-6-12(15)9-11)14(18)13-7-2-3-8-16-13/h2-9H,10H2,1H3. The Kier molecular flexibility index (Phi) is 3.95. The molecule has 0 bridgehead atoms. The van der Waals surface area contributed by atoms with Crippen molar-refractivity contribution < 1.29 is 4.79 Å². The molecule has 92 valence electrons. The SMILES string of the molecule is CN(Cc1cccc(Cl)c1)C(=O)c1ccccn1. The van der Waals surface area contributed by atoms with Crippen molar-refractivity contribution in [1.82, 2.24) is 9.88 Å². The Bertz CT molecular complexity index is 543. The molecular formula is C14H13ClN2O. The third-order valence-electron chi connectivity index (χ3n) is 2.54. The molecule has 0 unspecified atom stereocenters. The number of hydrogen-bond acceptors (Lipinski definition) is 2. The average molecular weight is 261 g/mol. The lowest BCUT2D eigenvalue weighted by Gasteiger charge is -2.16. The number of aromatic nitrogens is 1. The molecule has 0 fully saturated rings. The molecule has 0 saturated carbocycles. The van der Waals surface area contributed by atoms with Crippen LogP contribution in [0.2, 0.25) is 5.02 Å². The molecule has 0 spiro atoms. The number of carbonyl (C=O) groups is 1. The van der Waals surface area contributed by atoms with E-state index >= 15 is 0 Å². The summed E-state index contributed by atoms with van der Waals surface area (Å²) in [5.41, 5.74) is 1.44. The van der Waals surface area contributed by atoms with Gasteiger partial charge in [-0.05, 0) is 29.8 Å². The van der Waals surface area contributed by atoms with Gasteiger partial charge < -0.3 is 4.90 Å². The van der Waals surface area contributed by atoms with Crippen LogP contribution < -0.4 is 0 Å². The third kappa shape index (κ3) is 3.08. The van der Waals surface area contributed by atoms with E-state index < -0.39 is 0 Å². The van der Waals surface area contributed by atoms with Gasteiger partial charge in [0.05, 0.1) is 0 Å². The Hall–Kier alpha value is -1.87. The molecule has 0 atom stereocenters. The van der Waals surface area contributed by atoms with Crippen molar-refractivity contribution >= 4 is 17.5 Å². The second kappa shape index (κ2) is 5.65. The Morgan fingerprint density at radius 3 is 2.78 bits per heavy atom. The molecular weight excluding hydrogens is 248 g/mol. The first-order chi connectivity index (χ1) is 8.66. The number of nitrogens with zero attached hydrogens (tertiary/aromatic N) is 2. The highest BCUT2D eigenvalue weighted by atomic mass is 35.5. The number of pyridine rings is 1. The normalized spacial score (nSPS) is 10.1. The van der Waals surface area contributed by atoms with Crippen molar-refractivity contribution in [1.29, 1.82) is 0 Å². The molecule has 4 heteroatoms. The Morgan fingerprint density at radius 1 is 1.28 bits per heavy atom. The molecule has 0 aliphatic rings. The molecule has 2 aromatic rings. The maximum atomic E-state index is 12.1. The molecule has 1 aromatic heterocycles. The summed E-state index contributed by atoms with van der Waals surface area (Å²) >= 11 is 5.91. The summed E-state index contributed by atoms with van der Waals surface area (Å²) in [7, 11) is 1.75. The van der Waals surface area contributed by atoms with Crippen LogP contribution in [0.3, 0.4) is 0 Å². The van der Waals surface area contributed by atoms with Gasteiger partial charge in [0.25, 0.3) is 5.91 Å². The van der Waals surface area contributed by atoms with E-state index in [-0.39, 0.29) is 5.91 Å².